The molecule has 0 N–H and O–H groups in total. The van der Waals surface area contributed by atoms with E-state index in [2.05, 4.69) is 0 Å². The predicted molar refractivity (Wildman–Crippen MR) is 89.8 cm³/mol. The molecule has 22 heavy (non-hydrogen) atoms. The van der Waals surface area contributed by atoms with Gasteiger partial charge in [-0.2, -0.15) is 0 Å². The first-order chi connectivity index (χ1) is 10.5. The minimum absolute atomic E-state index is 0.0468. The topological polar surface area (TPSA) is 26.3 Å². The Kier molecular flexibility index (Phi) is 4.04. The summed E-state index contributed by atoms with van der Waals surface area (Å²) in [5.74, 6) is 0.734. The minimum atomic E-state index is 0.0468. The van der Waals surface area contributed by atoms with Gasteiger partial charge in [-0.15, -0.1) is 0 Å². The van der Waals surface area contributed by atoms with Gasteiger partial charge in [0.1, 0.15) is 5.75 Å². The fourth-order valence-electron chi connectivity index (χ4n) is 2.54. The molecule has 1 heterocycles. The molecule has 3 heteroatoms. The lowest BCUT2D eigenvalue weighted by atomic mass is 9.96. The number of carbonyl (C=O) groups is 1. The maximum Gasteiger partial charge on any atom is 0.192 e. The van der Waals surface area contributed by atoms with E-state index in [9.17, 15) is 4.79 Å². The number of Topliss-reactive ketones (excluding diaryl/α,β-unsaturated/α-hetero) is 1. The third-order valence-corrected chi connectivity index (χ3v) is 4.22. The van der Waals surface area contributed by atoms with Crippen LogP contribution in [0, 0.1) is 13.8 Å². The Balaban J connectivity index is 2.02. The second-order valence-electron chi connectivity index (χ2n) is 5.58. The number of hydrogen-bond acceptors (Lipinski definition) is 2. The maximum absolute atomic E-state index is 12.8. The highest BCUT2D eigenvalue weighted by atomic mass is 35.5. The van der Waals surface area contributed by atoms with E-state index in [1.165, 1.54) is 0 Å². The van der Waals surface area contributed by atoms with Crippen molar-refractivity contribution in [3.05, 3.63) is 69.2 Å². The van der Waals surface area contributed by atoms with Crippen molar-refractivity contribution in [2.45, 2.75) is 20.3 Å². The largest absolute Gasteiger partial charge is 0.492 e. The summed E-state index contributed by atoms with van der Waals surface area (Å²) in [5.41, 5.74) is 4.63. The van der Waals surface area contributed by atoms with Gasteiger partial charge in [0.15, 0.2) is 5.78 Å². The first-order valence-electron chi connectivity index (χ1n) is 7.29. The lowest BCUT2D eigenvalue weighted by molar-refractivity contribution is 0.103. The van der Waals surface area contributed by atoms with Crippen molar-refractivity contribution in [1.82, 2.24) is 0 Å². The molecule has 0 radical (unpaired) electrons. The number of hydrogen-bond donors (Lipinski definition) is 0. The quantitative estimate of drug-likeness (QED) is 0.692. The Hall–Kier alpha value is -2.06. The highest BCUT2D eigenvalue weighted by molar-refractivity contribution is 6.30. The molecule has 0 aliphatic carbocycles. The third-order valence-electron chi connectivity index (χ3n) is 3.97. The highest BCUT2D eigenvalue weighted by Crippen LogP contribution is 2.30. The van der Waals surface area contributed by atoms with Crippen LogP contribution in [0.2, 0.25) is 5.02 Å². The van der Waals surface area contributed by atoms with Crippen LogP contribution in [0.3, 0.4) is 0 Å². The molecular formula is C19H17ClO2. The fraction of sp³-hybridized carbons (Fsp3) is 0.211. The Morgan fingerprint density at radius 3 is 2.50 bits per heavy atom. The number of ketones is 1. The number of aryl methyl sites for hydroxylation is 2. The molecule has 2 nitrogen and oxygen atoms in total. The average molecular weight is 313 g/mol. The molecule has 1 aliphatic rings. The van der Waals surface area contributed by atoms with Crippen molar-refractivity contribution in [2.24, 2.45) is 0 Å². The van der Waals surface area contributed by atoms with E-state index in [0.29, 0.717) is 29.4 Å². The first kappa shape index (κ1) is 14.9. The van der Waals surface area contributed by atoms with E-state index in [1.807, 2.05) is 56.3 Å². The van der Waals surface area contributed by atoms with Gasteiger partial charge in [0.05, 0.1) is 12.2 Å². The molecule has 0 saturated carbocycles. The number of fused-ring (bicyclic) bond motifs is 1. The Morgan fingerprint density at radius 2 is 1.77 bits per heavy atom. The van der Waals surface area contributed by atoms with Crippen molar-refractivity contribution >= 4 is 23.5 Å². The number of rotatable bonds is 1. The second-order valence-corrected chi connectivity index (χ2v) is 6.02. The number of benzene rings is 2. The summed E-state index contributed by atoms with van der Waals surface area (Å²) < 4.78 is 5.76. The van der Waals surface area contributed by atoms with Crippen LogP contribution >= 0.6 is 11.6 Å². The fourth-order valence-corrected chi connectivity index (χ4v) is 2.67. The molecule has 0 spiro atoms. The Labute approximate surface area is 135 Å². The number of ether oxygens (including phenoxy) is 1. The van der Waals surface area contributed by atoms with E-state index < -0.39 is 0 Å². The Bertz CT molecular complexity index is 758. The molecule has 0 unspecified atom stereocenters. The van der Waals surface area contributed by atoms with Gasteiger partial charge < -0.3 is 4.74 Å². The summed E-state index contributed by atoms with van der Waals surface area (Å²) in [6.45, 7) is 4.55. The molecule has 0 saturated heterocycles. The van der Waals surface area contributed by atoms with Crippen LogP contribution in [0.1, 0.15) is 33.5 Å². The zero-order valence-electron chi connectivity index (χ0n) is 12.7. The van der Waals surface area contributed by atoms with Crippen LogP contribution in [0.4, 0.5) is 0 Å². The molecule has 1 aliphatic heterocycles. The van der Waals surface area contributed by atoms with Gasteiger partial charge in [-0.05, 0) is 60.9 Å². The monoisotopic (exact) mass is 312 g/mol. The molecule has 112 valence electrons. The smallest absolute Gasteiger partial charge is 0.192 e. The predicted octanol–water partition coefficient (Wildman–Crippen LogP) is 5.01. The molecule has 0 fully saturated rings. The summed E-state index contributed by atoms with van der Waals surface area (Å²) in [6.07, 6.45) is 2.53. The highest BCUT2D eigenvalue weighted by Gasteiger charge is 2.22. The summed E-state index contributed by atoms with van der Waals surface area (Å²) in [5, 5.41) is 0.689. The van der Waals surface area contributed by atoms with E-state index in [4.69, 9.17) is 16.3 Å². The van der Waals surface area contributed by atoms with Crippen molar-refractivity contribution < 1.29 is 9.53 Å². The molecule has 2 aromatic carbocycles. The average Bonchev–Trinajstić information content (AvgIpc) is 2.63. The van der Waals surface area contributed by atoms with Crippen molar-refractivity contribution in [2.75, 3.05) is 6.61 Å². The van der Waals surface area contributed by atoms with Crippen LogP contribution in [0.5, 0.6) is 5.75 Å². The van der Waals surface area contributed by atoms with Crippen LogP contribution in [0.15, 0.2) is 42.0 Å². The van der Waals surface area contributed by atoms with Crippen LogP contribution in [-0.4, -0.2) is 12.4 Å². The van der Waals surface area contributed by atoms with Crippen molar-refractivity contribution in [3.8, 4) is 5.75 Å². The molecule has 0 amide bonds. The van der Waals surface area contributed by atoms with Crippen LogP contribution in [-0.2, 0) is 0 Å². The first-order valence-corrected chi connectivity index (χ1v) is 7.67. The summed E-state index contributed by atoms with van der Waals surface area (Å²) in [6, 6.07) is 11.4. The van der Waals surface area contributed by atoms with Gasteiger partial charge >= 0.3 is 0 Å². The SMILES string of the molecule is Cc1cc2c(cc1C)C(=O)/C(=C/c1ccc(Cl)cc1)CCO2. The maximum atomic E-state index is 12.8. The zero-order valence-corrected chi connectivity index (χ0v) is 13.4. The van der Waals surface area contributed by atoms with Crippen LogP contribution in [0.25, 0.3) is 6.08 Å². The molecule has 2 aromatic rings. The van der Waals surface area contributed by atoms with E-state index >= 15 is 0 Å². The summed E-state index contributed by atoms with van der Waals surface area (Å²) >= 11 is 5.90. The van der Waals surface area contributed by atoms with E-state index in [0.717, 1.165) is 22.3 Å². The van der Waals surface area contributed by atoms with Gasteiger partial charge in [-0.3, -0.25) is 4.79 Å². The number of halogens is 1. The standard InChI is InChI=1S/C19H17ClO2/c1-12-9-17-18(10-13(12)2)22-8-7-15(19(17)21)11-14-3-5-16(20)6-4-14/h3-6,9-11H,7-8H2,1-2H3/b15-11+. The normalized spacial score (nSPS) is 16.1. The summed E-state index contributed by atoms with van der Waals surface area (Å²) in [7, 11) is 0. The van der Waals surface area contributed by atoms with Crippen LogP contribution < -0.4 is 4.74 Å². The third kappa shape index (κ3) is 2.93. The van der Waals surface area contributed by atoms with Crippen molar-refractivity contribution in [3.63, 3.8) is 0 Å². The molecule has 0 bridgehead atoms. The van der Waals surface area contributed by atoms with Gasteiger partial charge in [0.2, 0.25) is 0 Å². The Morgan fingerprint density at radius 1 is 1.09 bits per heavy atom. The molecule has 3 rings (SSSR count). The molecule has 0 aromatic heterocycles. The summed E-state index contributed by atoms with van der Waals surface area (Å²) in [4.78, 5) is 12.8. The van der Waals surface area contributed by atoms with E-state index in [1.54, 1.807) is 0 Å². The van der Waals surface area contributed by atoms with Gasteiger partial charge in [0, 0.05) is 17.0 Å². The van der Waals surface area contributed by atoms with Crippen molar-refractivity contribution in [1.29, 1.82) is 0 Å². The van der Waals surface area contributed by atoms with E-state index in [-0.39, 0.29) is 5.78 Å². The van der Waals surface area contributed by atoms with Gasteiger partial charge in [0.25, 0.3) is 0 Å². The lowest BCUT2D eigenvalue weighted by Gasteiger charge is -2.09. The molecule has 0 atom stereocenters. The minimum Gasteiger partial charge on any atom is -0.492 e. The lowest BCUT2D eigenvalue weighted by Crippen LogP contribution is -2.03. The number of carbonyl (C=O) groups excluding carboxylic acids is 1. The zero-order chi connectivity index (χ0) is 15.7. The van der Waals surface area contributed by atoms with Gasteiger partial charge in [-0.25, -0.2) is 0 Å². The van der Waals surface area contributed by atoms with Gasteiger partial charge in [-0.1, -0.05) is 23.7 Å². The second kappa shape index (κ2) is 5.98. The molecular weight excluding hydrogens is 296 g/mol.